The topological polar surface area (TPSA) is 57.6 Å². The van der Waals surface area contributed by atoms with E-state index in [1.165, 1.54) is 4.90 Å². The zero-order chi connectivity index (χ0) is 12.4. The number of hydrogen-bond donors (Lipinski definition) is 1. The minimum atomic E-state index is -0.962. The Morgan fingerprint density at radius 2 is 2.00 bits per heavy atom. The molecular weight excluding hydrogens is 333 g/mol. The summed E-state index contributed by atoms with van der Waals surface area (Å²) in [5.41, 5.74) is 0.584. The third-order valence-corrected chi connectivity index (χ3v) is 3.60. The van der Waals surface area contributed by atoms with Gasteiger partial charge in [-0.1, -0.05) is 12.1 Å². The molecule has 5 heteroatoms. The highest BCUT2D eigenvalue weighted by molar-refractivity contribution is 14.1. The third kappa shape index (κ3) is 2.96. The van der Waals surface area contributed by atoms with Gasteiger partial charge >= 0.3 is 5.97 Å². The molecule has 1 aliphatic carbocycles. The van der Waals surface area contributed by atoms with Crippen molar-refractivity contribution in [1.82, 2.24) is 4.90 Å². The van der Waals surface area contributed by atoms with Crippen molar-refractivity contribution in [1.29, 1.82) is 0 Å². The molecule has 1 amide bonds. The molecular formula is C12H12INO3. The van der Waals surface area contributed by atoms with Crippen LogP contribution in [0.4, 0.5) is 0 Å². The molecule has 0 spiro atoms. The van der Waals surface area contributed by atoms with Crippen molar-refractivity contribution >= 4 is 34.5 Å². The van der Waals surface area contributed by atoms with Gasteiger partial charge in [-0.05, 0) is 47.6 Å². The van der Waals surface area contributed by atoms with Gasteiger partial charge in [0.15, 0.2) is 0 Å². The lowest BCUT2D eigenvalue weighted by Gasteiger charge is -2.20. The first-order valence-corrected chi connectivity index (χ1v) is 6.45. The largest absolute Gasteiger partial charge is 0.480 e. The summed E-state index contributed by atoms with van der Waals surface area (Å²) in [6.07, 6.45) is 1.81. The SMILES string of the molecule is O=C(O)CN(C(=O)c1ccccc1I)C1CC1. The Kier molecular flexibility index (Phi) is 3.66. The number of carbonyl (C=O) groups excluding carboxylic acids is 1. The summed E-state index contributed by atoms with van der Waals surface area (Å²) in [7, 11) is 0. The summed E-state index contributed by atoms with van der Waals surface area (Å²) >= 11 is 2.09. The van der Waals surface area contributed by atoms with E-state index in [1.807, 2.05) is 12.1 Å². The molecule has 1 aromatic carbocycles. The Balaban J connectivity index is 2.22. The minimum Gasteiger partial charge on any atom is -0.480 e. The fraction of sp³-hybridized carbons (Fsp3) is 0.333. The van der Waals surface area contributed by atoms with Crippen LogP contribution >= 0.6 is 22.6 Å². The number of amides is 1. The Labute approximate surface area is 113 Å². The summed E-state index contributed by atoms with van der Waals surface area (Å²) in [4.78, 5) is 24.5. The highest BCUT2D eigenvalue weighted by Crippen LogP contribution is 2.28. The second kappa shape index (κ2) is 5.03. The van der Waals surface area contributed by atoms with Crippen LogP contribution in [0.25, 0.3) is 0 Å². The second-order valence-corrected chi connectivity index (χ2v) is 5.20. The van der Waals surface area contributed by atoms with E-state index >= 15 is 0 Å². The standard InChI is InChI=1S/C12H12INO3/c13-10-4-2-1-3-9(10)12(17)14(7-11(15)16)8-5-6-8/h1-4,8H,5-7H2,(H,15,16). The minimum absolute atomic E-state index is 0.106. The van der Waals surface area contributed by atoms with E-state index in [-0.39, 0.29) is 18.5 Å². The van der Waals surface area contributed by atoms with Crippen LogP contribution in [0.1, 0.15) is 23.2 Å². The van der Waals surface area contributed by atoms with Crippen LogP contribution in [0, 0.1) is 3.57 Å². The van der Waals surface area contributed by atoms with Crippen LogP contribution in [0.15, 0.2) is 24.3 Å². The van der Waals surface area contributed by atoms with Crippen molar-refractivity contribution in [2.45, 2.75) is 18.9 Å². The zero-order valence-corrected chi connectivity index (χ0v) is 11.3. The van der Waals surface area contributed by atoms with Gasteiger partial charge in [-0.3, -0.25) is 9.59 Å². The quantitative estimate of drug-likeness (QED) is 0.849. The Bertz CT molecular complexity index is 457. The zero-order valence-electron chi connectivity index (χ0n) is 9.10. The molecule has 1 saturated carbocycles. The first kappa shape index (κ1) is 12.3. The van der Waals surface area contributed by atoms with Crippen molar-refractivity contribution in [3.63, 3.8) is 0 Å². The van der Waals surface area contributed by atoms with E-state index in [4.69, 9.17) is 5.11 Å². The summed E-state index contributed by atoms with van der Waals surface area (Å²) < 4.78 is 0.853. The average molecular weight is 345 g/mol. The van der Waals surface area contributed by atoms with Crippen LogP contribution in [0.2, 0.25) is 0 Å². The van der Waals surface area contributed by atoms with E-state index in [0.29, 0.717) is 5.56 Å². The van der Waals surface area contributed by atoms with E-state index in [1.54, 1.807) is 12.1 Å². The maximum atomic E-state index is 12.2. The molecule has 1 N–H and O–H groups in total. The van der Waals surface area contributed by atoms with Crippen LogP contribution in [-0.2, 0) is 4.79 Å². The third-order valence-electron chi connectivity index (χ3n) is 2.66. The summed E-state index contributed by atoms with van der Waals surface area (Å²) in [5.74, 6) is -1.14. The molecule has 0 unspecified atom stereocenters. The predicted molar refractivity (Wildman–Crippen MR) is 70.9 cm³/mol. The number of aliphatic carboxylic acids is 1. The second-order valence-electron chi connectivity index (χ2n) is 4.04. The van der Waals surface area contributed by atoms with Crippen molar-refractivity contribution in [2.24, 2.45) is 0 Å². The van der Waals surface area contributed by atoms with Crippen molar-refractivity contribution in [2.75, 3.05) is 6.54 Å². The van der Waals surface area contributed by atoms with E-state index in [9.17, 15) is 9.59 Å². The number of benzene rings is 1. The smallest absolute Gasteiger partial charge is 0.323 e. The predicted octanol–water partition coefficient (Wildman–Crippen LogP) is 1.98. The fourth-order valence-electron chi connectivity index (χ4n) is 1.69. The van der Waals surface area contributed by atoms with E-state index < -0.39 is 5.97 Å². The lowest BCUT2D eigenvalue weighted by atomic mass is 10.2. The fourth-order valence-corrected chi connectivity index (χ4v) is 2.31. The molecule has 4 nitrogen and oxygen atoms in total. The maximum Gasteiger partial charge on any atom is 0.323 e. The molecule has 2 rings (SSSR count). The summed E-state index contributed by atoms with van der Waals surface area (Å²) in [6, 6.07) is 7.34. The molecule has 0 atom stereocenters. The van der Waals surface area contributed by atoms with Gasteiger partial charge in [0.1, 0.15) is 6.54 Å². The average Bonchev–Trinajstić information content (AvgIpc) is 3.09. The molecule has 1 aromatic rings. The number of rotatable bonds is 4. The molecule has 0 heterocycles. The molecule has 1 aliphatic rings. The van der Waals surface area contributed by atoms with Gasteiger partial charge in [-0.2, -0.15) is 0 Å². The van der Waals surface area contributed by atoms with Gasteiger partial charge in [0.05, 0.1) is 5.56 Å². The van der Waals surface area contributed by atoms with Gasteiger partial charge in [-0.15, -0.1) is 0 Å². The van der Waals surface area contributed by atoms with Crippen LogP contribution in [0.5, 0.6) is 0 Å². The van der Waals surface area contributed by atoms with Crippen molar-refractivity contribution < 1.29 is 14.7 Å². The number of halogens is 1. The highest BCUT2D eigenvalue weighted by Gasteiger charge is 2.34. The molecule has 0 aromatic heterocycles. The molecule has 0 saturated heterocycles. The van der Waals surface area contributed by atoms with Crippen LogP contribution in [0.3, 0.4) is 0 Å². The van der Waals surface area contributed by atoms with E-state index in [0.717, 1.165) is 16.4 Å². The maximum absolute atomic E-state index is 12.2. The normalized spacial score (nSPS) is 14.4. The molecule has 1 fully saturated rings. The number of carboxylic acid groups (broad SMARTS) is 1. The molecule has 0 aliphatic heterocycles. The number of hydrogen-bond acceptors (Lipinski definition) is 2. The lowest BCUT2D eigenvalue weighted by molar-refractivity contribution is -0.137. The summed E-state index contributed by atoms with van der Waals surface area (Å²) in [6.45, 7) is -0.214. The van der Waals surface area contributed by atoms with Gasteiger partial charge < -0.3 is 10.0 Å². The first-order valence-electron chi connectivity index (χ1n) is 5.37. The van der Waals surface area contributed by atoms with Gasteiger partial charge in [-0.25, -0.2) is 0 Å². The number of nitrogens with zero attached hydrogens (tertiary/aromatic N) is 1. The Morgan fingerprint density at radius 3 is 2.53 bits per heavy atom. The lowest BCUT2D eigenvalue weighted by Crippen LogP contribution is -2.37. The van der Waals surface area contributed by atoms with E-state index in [2.05, 4.69) is 22.6 Å². The summed E-state index contributed by atoms with van der Waals surface area (Å²) in [5, 5.41) is 8.83. The monoisotopic (exact) mass is 345 g/mol. The van der Waals surface area contributed by atoms with Crippen molar-refractivity contribution in [3.05, 3.63) is 33.4 Å². The molecule has 17 heavy (non-hydrogen) atoms. The van der Waals surface area contributed by atoms with Gasteiger partial charge in [0.2, 0.25) is 0 Å². The number of carbonyl (C=O) groups is 2. The highest BCUT2D eigenvalue weighted by atomic mass is 127. The Morgan fingerprint density at radius 1 is 1.35 bits per heavy atom. The van der Waals surface area contributed by atoms with Crippen LogP contribution in [-0.4, -0.2) is 34.5 Å². The van der Waals surface area contributed by atoms with Gasteiger partial charge in [0.25, 0.3) is 5.91 Å². The molecule has 0 bridgehead atoms. The Hall–Kier alpha value is -1.11. The van der Waals surface area contributed by atoms with Crippen molar-refractivity contribution in [3.8, 4) is 0 Å². The number of carboxylic acids is 1. The molecule has 0 radical (unpaired) electrons. The van der Waals surface area contributed by atoms with Gasteiger partial charge in [0, 0.05) is 9.61 Å². The first-order chi connectivity index (χ1) is 8.09. The van der Waals surface area contributed by atoms with Crippen LogP contribution < -0.4 is 0 Å². The molecule has 90 valence electrons.